The average Bonchev–Trinajstić information content (AvgIpc) is 2.49. The molecule has 1 amide bonds. The van der Waals surface area contributed by atoms with E-state index in [1.54, 1.807) is 7.11 Å². The van der Waals surface area contributed by atoms with E-state index in [9.17, 15) is 4.79 Å². The van der Waals surface area contributed by atoms with E-state index in [1.165, 1.54) is 0 Å². The lowest BCUT2D eigenvalue weighted by Crippen LogP contribution is -2.45. The van der Waals surface area contributed by atoms with Gasteiger partial charge in [-0.3, -0.25) is 4.79 Å². The number of methoxy groups -OCH3 is 1. The van der Waals surface area contributed by atoms with Gasteiger partial charge < -0.3 is 15.0 Å². The van der Waals surface area contributed by atoms with Crippen molar-refractivity contribution in [3.63, 3.8) is 0 Å². The molecule has 104 valence electrons. The Morgan fingerprint density at radius 3 is 2.53 bits per heavy atom. The van der Waals surface area contributed by atoms with E-state index in [1.807, 2.05) is 42.3 Å². The van der Waals surface area contributed by atoms with Gasteiger partial charge in [0.05, 0.1) is 0 Å². The minimum atomic E-state index is -0.499. The molecule has 1 N–H and O–H groups in total. The Kier molecular flexibility index (Phi) is 4.93. The van der Waals surface area contributed by atoms with Gasteiger partial charge in [0.2, 0.25) is 0 Å². The van der Waals surface area contributed by atoms with Crippen molar-refractivity contribution in [2.75, 3.05) is 27.2 Å². The normalized spacial score (nSPS) is 18.0. The van der Waals surface area contributed by atoms with Gasteiger partial charge in [-0.1, -0.05) is 30.3 Å². The summed E-state index contributed by atoms with van der Waals surface area (Å²) in [6.07, 6.45) is 1.52. The first-order valence-corrected chi connectivity index (χ1v) is 6.79. The molecule has 1 atom stereocenters. The standard InChI is InChI=1S/C15H22N2O2/c1-17(13-8-10-16-11-9-13)15(18)14(19-2)12-6-4-3-5-7-12/h3-7,13-14,16H,8-11H2,1-2H3/t14-/m1/s1. The smallest absolute Gasteiger partial charge is 0.256 e. The summed E-state index contributed by atoms with van der Waals surface area (Å²) in [6.45, 7) is 1.95. The van der Waals surface area contributed by atoms with Gasteiger partial charge in [-0.25, -0.2) is 0 Å². The van der Waals surface area contributed by atoms with Crippen molar-refractivity contribution < 1.29 is 9.53 Å². The van der Waals surface area contributed by atoms with Crippen LogP contribution in [0.3, 0.4) is 0 Å². The van der Waals surface area contributed by atoms with E-state index < -0.39 is 6.10 Å². The van der Waals surface area contributed by atoms with Crippen LogP contribution in [0, 0.1) is 0 Å². The molecule has 1 aromatic carbocycles. The fraction of sp³-hybridized carbons (Fsp3) is 0.533. The summed E-state index contributed by atoms with van der Waals surface area (Å²) >= 11 is 0. The highest BCUT2D eigenvalue weighted by Crippen LogP contribution is 2.21. The summed E-state index contributed by atoms with van der Waals surface area (Å²) in [6, 6.07) is 9.98. The van der Waals surface area contributed by atoms with Crippen LogP contribution in [0.1, 0.15) is 24.5 Å². The number of hydrogen-bond acceptors (Lipinski definition) is 3. The van der Waals surface area contributed by atoms with Crippen LogP contribution in [-0.2, 0) is 9.53 Å². The molecule has 2 rings (SSSR count). The number of benzene rings is 1. The molecule has 4 nitrogen and oxygen atoms in total. The number of likely N-dealkylation sites (N-methyl/N-ethyl adjacent to an activating group) is 1. The second kappa shape index (κ2) is 6.68. The molecule has 0 bridgehead atoms. The zero-order valence-corrected chi connectivity index (χ0v) is 11.6. The zero-order chi connectivity index (χ0) is 13.7. The van der Waals surface area contributed by atoms with Crippen molar-refractivity contribution in [2.45, 2.75) is 25.0 Å². The Morgan fingerprint density at radius 2 is 1.95 bits per heavy atom. The van der Waals surface area contributed by atoms with Gasteiger partial charge in [0.25, 0.3) is 5.91 Å². The van der Waals surface area contributed by atoms with Gasteiger partial charge >= 0.3 is 0 Å². The van der Waals surface area contributed by atoms with Gasteiger partial charge in [0.15, 0.2) is 6.10 Å². The quantitative estimate of drug-likeness (QED) is 0.896. The summed E-state index contributed by atoms with van der Waals surface area (Å²) in [4.78, 5) is 14.4. The summed E-state index contributed by atoms with van der Waals surface area (Å²) < 4.78 is 5.40. The number of hydrogen-bond donors (Lipinski definition) is 1. The van der Waals surface area contributed by atoms with Crippen molar-refractivity contribution in [1.82, 2.24) is 10.2 Å². The topological polar surface area (TPSA) is 41.6 Å². The van der Waals surface area contributed by atoms with Crippen LogP contribution in [0.4, 0.5) is 0 Å². The van der Waals surface area contributed by atoms with Crippen molar-refractivity contribution in [3.05, 3.63) is 35.9 Å². The van der Waals surface area contributed by atoms with Crippen LogP contribution in [0.25, 0.3) is 0 Å². The molecule has 4 heteroatoms. The molecular formula is C15H22N2O2. The van der Waals surface area contributed by atoms with Crippen LogP contribution >= 0.6 is 0 Å². The van der Waals surface area contributed by atoms with E-state index in [2.05, 4.69) is 5.32 Å². The molecule has 0 aliphatic carbocycles. The largest absolute Gasteiger partial charge is 0.367 e. The molecule has 1 saturated heterocycles. The second-order valence-corrected chi connectivity index (χ2v) is 4.96. The summed E-state index contributed by atoms with van der Waals surface area (Å²) in [5.41, 5.74) is 0.913. The predicted molar refractivity (Wildman–Crippen MR) is 74.9 cm³/mol. The van der Waals surface area contributed by atoms with E-state index in [4.69, 9.17) is 4.74 Å². The molecule has 1 heterocycles. The number of ether oxygens (including phenoxy) is 1. The molecule has 0 saturated carbocycles. The molecule has 0 spiro atoms. The van der Waals surface area contributed by atoms with Crippen molar-refractivity contribution >= 4 is 5.91 Å². The maximum absolute atomic E-state index is 12.6. The third-order valence-corrected chi connectivity index (χ3v) is 3.77. The molecule has 0 aromatic heterocycles. The highest BCUT2D eigenvalue weighted by Gasteiger charge is 2.28. The first kappa shape index (κ1) is 14.0. The van der Waals surface area contributed by atoms with Crippen molar-refractivity contribution in [1.29, 1.82) is 0 Å². The highest BCUT2D eigenvalue weighted by molar-refractivity contribution is 5.82. The maximum Gasteiger partial charge on any atom is 0.256 e. The maximum atomic E-state index is 12.6. The van der Waals surface area contributed by atoms with Crippen LogP contribution in [0.2, 0.25) is 0 Å². The lowest BCUT2D eigenvalue weighted by atomic mass is 10.0. The number of carbonyl (C=O) groups excluding carboxylic acids is 1. The Hall–Kier alpha value is -1.39. The van der Waals surface area contributed by atoms with Gasteiger partial charge in [0.1, 0.15) is 0 Å². The first-order valence-electron chi connectivity index (χ1n) is 6.79. The summed E-state index contributed by atoms with van der Waals surface area (Å²) in [7, 11) is 3.47. The van der Waals surface area contributed by atoms with Gasteiger partial charge in [-0.15, -0.1) is 0 Å². The molecule has 19 heavy (non-hydrogen) atoms. The predicted octanol–water partition coefficient (Wildman–Crippen LogP) is 1.58. The molecule has 0 radical (unpaired) electrons. The molecule has 1 aliphatic rings. The lowest BCUT2D eigenvalue weighted by molar-refractivity contribution is -0.143. The molecule has 1 aliphatic heterocycles. The van der Waals surface area contributed by atoms with Crippen LogP contribution in [0.5, 0.6) is 0 Å². The Bertz CT molecular complexity index is 402. The van der Waals surface area contributed by atoms with Crippen LogP contribution < -0.4 is 5.32 Å². The summed E-state index contributed by atoms with van der Waals surface area (Å²) in [5.74, 6) is 0.0422. The molecule has 1 fully saturated rings. The number of carbonyl (C=O) groups is 1. The Balaban J connectivity index is 2.07. The number of amides is 1. The van der Waals surface area contributed by atoms with Gasteiger partial charge in [-0.05, 0) is 31.5 Å². The summed E-state index contributed by atoms with van der Waals surface area (Å²) in [5, 5.41) is 3.31. The van der Waals surface area contributed by atoms with Gasteiger partial charge in [-0.2, -0.15) is 0 Å². The van der Waals surface area contributed by atoms with Crippen LogP contribution in [0.15, 0.2) is 30.3 Å². The fourth-order valence-corrected chi connectivity index (χ4v) is 2.57. The fourth-order valence-electron chi connectivity index (χ4n) is 2.57. The highest BCUT2D eigenvalue weighted by atomic mass is 16.5. The number of nitrogens with one attached hydrogen (secondary N) is 1. The second-order valence-electron chi connectivity index (χ2n) is 4.96. The Labute approximate surface area is 114 Å². The van der Waals surface area contributed by atoms with E-state index >= 15 is 0 Å². The SMILES string of the molecule is CO[C@@H](C(=O)N(C)C1CCNCC1)c1ccccc1. The van der Waals surface area contributed by atoms with Gasteiger partial charge in [0, 0.05) is 20.2 Å². The first-order chi connectivity index (χ1) is 9.24. The minimum absolute atomic E-state index is 0.0422. The number of rotatable bonds is 4. The van der Waals surface area contributed by atoms with Crippen molar-refractivity contribution in [3.8, 4) is 0 Å². The number of piperidine rings is 1. The van der Waals surface area contributed by atoms with E-state index in [-0.39, 0.29) is 5.91 Å². The Morgan fingerprint density at radius 1 is 1.32 bits per heavy atom. The van der Waals surface area contributed by atoms with Crippen LogP contribution in [-0.4, -0.2) is 44.1 Å². The monoisotopic (exact) mass is 262 g/mol. The number of nitrogens with zero attached hydrogens (tertiary/aromatic N) is 1. The molecular weight excluding hydrogens is 240 g/mol. The van der Waals surface area contributed by atoms with E-state index in [0.29, 0.717) is 6.04 Å². The average molecular weight is 262 g/mol. The third-order valence-electron chi connectivity index (χ3n) is 3.77. The van der Waals surface area contributed by atoms with E-state index in [0.717, 1.165) is 31.5 Å². The zero-order valence-electron chi connectivity index (χ0n) is 11.6. The minimum Gasteiger partial charge on any atom is -0.367 e. The third kappa shape index (κ3) is 3.33. The van der Waals surface area contributed by atoms with Crippen molar-refractivity contribution in [2.24, 2.45) is 0 Å². The molecule has 1 aromatic rings. The lowest BCUT2D eigenvalue weighted by Gasteiger charge is -2.33. The molecule has 0 unspecified atom stereocenters.